The van der Waals surface area contributed by atoms with Crippen LogP contribution in [0.3, 0.4) is 0 Å². The number of hydrogen-bond donors (Lipinski definition) is 3. The van der Waals surface area contributed by atoms with E-state index in [2.05, 4.69) is 20.5 Å². The molecule has 0 aliphatic heterocycles. The van der Waals surface area contributed by atoms with E-state index in [9.17, 15) is 14.2 Å². The molecule has 2 aliphatic rings. The van der Waals surface area contributed by atoms with Gasteiger partial charge in [-0.25, -0.2) is 13.7 Å². The number of amides is 2. The van der Waals surface area contributed by atoms with Crippen LogP contribution >= 0.6 is 0 Å². The van der Waals surface area contributed by atoms with Crippen LogP contribution in [0.1, 0.15) is 35.1 Å². The summed E-state index contributed by atoms with van der Waals surface area (Å²) in [6.45, 7) is 0. The maximum absolute atomic E-state index is 13.3. The van der Waals surface area contributed by atoms with Crippen LogP contribution in [0.4, 0.5) is 16.2 Å². The Morgan fingerprint density at radius 1 is 1.17 bits per heavy atom. The van der Waals surface area contributed by atoms with Gasteiger partial charge in [-0.2, -0.15) is 5.26 Å². The number of fused-ring (bicyclic) bond motifs is 2. The van der Waals surface area contributed by atoms with Crippen LogP contribution in [0.25, 0.3) is 0 Å². The summed E-state index contributed by atoms with van der Waals surface area (Å²) in [4.78, 5) is 12.7. The maximum atomic E-state index is 13.3. The van der Waals surface area contributed by atoms with Crippen molar-refractivity contribution in [3.63, 3.8) is 0 Å². The van der Waals surface area contributed by atoms with Crippen molar-refractivity contribution in [3.8, 4) is 6.19 Å². The van der Waals surface area contributed by atoms with E-state index in [0.717, 1.165) is 61.4 Å². The Labute approximate surface area is 174 Å². The lowest BCUT2D eigenvalue weighted by Gasteiger charge is -2.22. The van der Waals surface area contributed by atoms with Gasteiger partial charge in [0.05, 0.1) is 10.6 Å². The van der Waals surface area contributed by atoms with Gasteiger partial charge in [-0.15, -0.1) is 0 Å². The number of nitrogens with one attached hydrogen (secondary N) is 2. The van der Waals surface area contributed by atoms with Gasteiger partial charge in [0.25, 0.3) is 0 Å². The first-order chi connectivity index (χ1) is 14.4. The standard InChI is InChI=1S/C20H20N5O4S/c21-12-22-30(29,16-7-3-6-15(11-16)25(27)28)24-20(26)23-19-17-8-1-4-13(17)10-14-5-2-9-18(14)19/h3,6-7,10-11,27H,1-2,4-5,8-9H2,(H2,22,23,24,26,29)/q-1. The first kappa shape index (κ1) is 20.2. The molecule has 156 valence electrons. The van der Waals surface area contributed by atoms with Gasteiger partial charge in [-0.3, -0.25) is 5.21 Å². The van der Waals surface area contributed by atoms with E-state index in [4.69, 9.17) is 10.5 Å². The Morgan fingerprint density at radius 3 is 2.43 bits per heavy atom. The highest BCUT2D eigenvalue weighted by Gasteiger charge is 2.26. The lowest BCUT2D eigenvalue weighted by Crippen LogP contribution is -2.34. The molecule has 10 heteroatoms. The van der Waals surface area contributed by atoms with E-state index in [1.54, 1.807) is 0 Å². The summed E-state index contributed by atoms with van der Waals surface area (Å²) >= 11 is 0. The van der Waals surface area contributed by atoms with E-state index in [1.165, 1.54) is 35.5 Å². The van der Waals surface area contributed by atoms with Crippen LogP contribution in [0.15, 0.2) is 39.6 Å². The second-order valence-corrected chi connectivity index (χ2v) is 9.19. The van der Waals surface area contributed by atoms with Gasteiger partial charge in [0, 0.05) is 5.69 Å². The molecule has 2 aliphatic carbocycles. The van der Waals surface area contributed by atoms with Crippen molar-refractivity contribution in [2.45, 2.75) is 43.4 Å². The molecular formula is C20H20N5O4S-. The average Bonchev–Trinajstić information content (AvgIpc) is 3.37. The van der Waals surface area contributed by atoms with Gasteiger partial charge in [0.15, 0.2) is 9.92 Å². The number of nitrogens with zero attached hydrogens (tertiary/aromatic N) is 3. The smallest absolute Gasteiger partial charge is 0.331 e. The normalized spacial score (nSPS) is 16.0. The second kappa shape index (κ2) is 7.95. The van der Waals surface area contributed by atoms with Gasteiger partial charge in [-0.1, -0.05) is 16.5 Å². The van der Waals surface area contributed by atoms with Crippen LogP contribution in [0, 0.1) is 16.7 Å². The zero-order valence-corrected chi connectivity index (χ0v) is 16.9. The van der Waals surface area contributed by atoms with Crippen molar-refractivity contribution in [2.24, 2.45) is 4.36 Å². The number of urea groups is 1. The zero-order chi connectivity index (χ0) is 21.3. The molecule has 0 heterocycles. The summed E-state index contributed by atoms with van der Waals surface area (Å²) in [6.07, 6.45) is 7.19. The average molecular weight is 426 g/mol. The molecule has 0 bridgehead atoms. The van der Waals surface area contributed by atoms with Gasteiger partial charge < -0.3 is 15.8 Å². The minimum Gasteiger partial charge on any atom is -0.733 e. The SMILES string of the molecule is N#CN=S(=O)(NC(=O)Nc1c2c(cc3c1CCC3)CCC2)c1cccc(N([O-])O)c1. The highest BCUT2D eigenvalue weighted by atomic mass is 32.2. The maximum Gasteiger partial charge on any atom is 0.331 e. The molecule has 9 nitrogen and oxygen atoms in total. The van der Waals surface area contributed by atoms with Crippen molar-refractivity contribution in [1.82, 2.24) is 4.72 Å². The van der Waals surface area contributed by atoms with Crippen molar-refractivity contribution in [2.75, 3.05) is 10.5 Å². The quantitative estimate of drug-likeness (QED) is 0.505. The number of anilines is 2. The van der Waals surface area contributed by atoms with Crippen molar-refractivity contribution >= 4 is 27.3 Å². The number of carbonyl (C=O) groups excluding carboxylic acids is 1. The molecule has 0 spiro atoms. The van der Waals surface area contributed by atoms with Crippen LogP contribution in [-0.2, 0) is 35.6 Å². The predicted molar refractivity (Wildman–Crippen MR) is 111 cm³/mol. The summed E-state index contributed by atoms with van der Waals surface area (Å²) in [7, 11) is -3.70. The molecule has 2 aromatic rings. The fourth-order valence-electron chi connectivity index (χ4n) is 4.20. The number of aryl methyl sites for hydroxylation is 2. The van der Waals surface area contributed by atoms with Crippen molar-refractivity contribution in [1.29, 1.82) is 5.26 Å². The molecular weight excluding hydrogens is 406 g/mol. The summed E-state index contributed by atoms with van der Waals surface area (Å²) in [6, 6.07) is 6.61. The Balaban J connectivity index is 1.65. The number of benzene rings is 2. The third kappa shape index (κ3) is 3.70. The molecule has 0 radical (unpaired) electrons. The minimum absolute atomic E-state index is 0.0740. The topological polar surface area (TPSA) is 141 Å². The fourth-order valence-corrected chi connectivity index (χ4v) is 5.43. The molecule has 2 amide bonds. The Bertz CT molecular complexity index is 1150. The number of rotatable bonds is 4. The summed E-state index contributed by atoms with van der Waals surface area (Å²) < 4.78 is 19.0. The Morgan fingerprint density at radius 2 is 1.83 bits per heavy atom. The predicted octanol–water partition coefficient (Wildman–Crippen LogP) is 3.40. The lowest BCUT2D eigenvalue weighted by atomic mass is 9.99. The largest absolute Gasteiger partial charge is 0.733 e. The van der Waals surface area contributed by atoms with Crippen LogP contribution in [-0.4, -0.2) is 15.4 Å². The summed E-state index contributed by atoms with van der Waals surface area (Å²) in [5.41, 5.74) is 5.26. The van der Waals surface area contributed by atoms with Gasteiger partial charge >= 0.3 is 6.03 Å². The molecule has 1 unspecified atom stereocenters. The fraction of sp³-hybridized carbons (Fsp3) is 0.300. The Kier molecular flexibility index (Phi) is 5.34. The van der Waals surface area contributed by atoms with Gasteiger partial charge in [-0.05, 0) is 79.0 Å². The minimum atomic E-state index is -3.70. The lowest BCUT2D eigenvalue weighted by molar-refractivity contribution is 0.256. The number of carbonyl (C=O) groups is 1. The number of hydrogen-bond acceptors (Lipinski definition) is 7. The first-order valence-electron chi connectivity index (χ1n) is 9.58. The third-order valence-electron chi connectivity index (χ3n) is 5.47. The number of nitriles is 1. The van der Waals surface area contributed by atoms with Gasteiger partial charge in [0.1, 0.15) is 0 Å². The second-order valence-electron chi connectivity index (χ2n) is 7.28. The molecule has 3 N–H and O–H groups in total. The third-order valence-corrected chi connectivity index (χ3v) is 7.16. The summed E-state index contributed by atoms with van der Waals surface area (Å²) in [5, 5.41) is 31.7. The highest BCUT2D eigenvalue weighted by molar-refractivity contribution is 7.92. The zero-order valence-electron chi connectivity index (χ0n) is 16.1. The molecule has 0 fully saturated rings. The molecule has 1 atom stereocenters. The monoisotopic (exact) mass is 426 g/mol. The first-order valence-corrected chi connectivity index (χ1v) is 11.1. The molecule has 4 rings (SSSR count). The van der Waals surface area contributed by atoms with E-state index in [0.29, 0.717) is 0 Å². The van der Waals surface area contributed by atoms with Crippen molar-refractivity contribution < 1.29 is 14.2 Å². The van der Waals surface area contributed by atoms with Crippen LogP contribution < -0.4 is 15.3 Å². The van der Waals surface area contributed by atoms with E-state index in [-0.39, 0.29) is 10.6 Å². The van der Waals surface area contributed by atoms with Crippen LogP contribution in [0.5, 0.6) is 0 Å². The van der Waals surface area contributed by atoms with Crippen LogP contribution in [0.2, 0.25) is 0 Å². The molecule has 0 saturated heterocycles. The summed E-state index contributed by atoms with van der Waals surface area (Å²) in [5.74, 6) is 0. The Hall–Kier alpha value is -3.13. The highest BCUT2D eigenvalue weighted by Crippen LogP contribution is 2.38. The van der Waals surface area contributed by atoms with E-state index < -0.39 is 21.2 Å². The molecule has 0 saturated carbocycles. The van der Waals surface area contributed by atoms with Gasteiger partial charge in [0.2, 0.25) is 6.19 Å². The van der Waals surface area contributed by atoms with Crippen molar-refractivity contribution in [3.05, 3.63) is 57.8 Å². The molecule has 2 aromatic carbocycles. The molecule has 0 aromatic heterocycles. The van der Waals surface area contributed by atoms with E-state index >= 15 is 0 Å². The molecule has 30 heavy (non-hydrogen) atoms. The van der Waals surface area contributed by atoms with E-state index in [1.807, 2.05) is 0 Å².